The number of thiazole rings is 1. The monoisotopic (exact) mass is 554 g/mol. The largest absolute Gasteiger partial charge is 0.418 e. The lowest BCUT2D eigenvalue weighted by Gasteiger charge is -2.31. The Morgan fingerprint density at radius 1 is 1.14 bits per heavy atom. The molecule has 1 aliphatic heterocycles. The lowest BCUT2D eigenvalue weighted by atomic mass is 10.1. The van der Waals surface area contributed by atoms with Crippen LogP contribution in [0.2, 0.25) is 5.02 Å². The van der Waals surface area contributed by atoms with Gasteiger partial charge in [-0.3, -0.25) is 9.59 Å². The predicted molar refractivity (Wildman–Crippen MR) is 132 cm³/mol. The number of nitrogens with two attached hydrogens (primary N) is 1. The van der Waals surface area contributed by atoms with Crippen LogP contribution >= 0.6 is 22.9 Å². The Labute approximate surface area is 218 Å². The van der Waals surface area contributed by atoms with Crippen molar-refractivity contribution in [1.82, 2.24) is 25.3 Å². The summed E-state index contributed by atoms with van der Waals surface area (Å²) in [6.45, 7) is 3.16. The first-order valence-electron chi connectivity index (χ1n) is 11.1. The summed E-state index contributed by atoms with van der Waals surface area (Å²) in [5.41, 5.74) is 5.01. The molecule has 4 N–H and O–H groups in total. The van der Waals surface area contributed by atoms with Crippen molar-refractivity contribution in [3.8, 4) is 0 Å². The van der Waals surface area contributed by atoms with Crippen molar-refractivity contribution in [3.63, 3.8) is 0 Å². The first kappa shape index (κ1) is 26.7. The highest BCUT2D eigenvalue weighted by Gasteiger charge is 2.34. The zero-order chi connectivity index (χ0) is 26.7. The zero-order valence-electron chi connectivity index (χ0n) is 19.4. The fourth-order valence-corrected chi connectivity index (χ4v) is 4.63. The van der Waals surface area contributed by atoms with Crippen molar-refractivity contribution in [2.24, 2.45) is 5.73 Å². The number of aromatic nitrogens is 4. The van der Waals surface area contributed by atoms with Gasteiger partial charge in [0.1, 0.15) is 33.5 Å². The molecule has 3 aromatic heterocycles. The van der Waals surface area contributed by atoms with Crippen LogP contribution in [-0.4, -0.2) is 50.9 Å². The summed E-state index contributed by atoms with van der Waals surface area (Å²) < 4.78 is 39.2. The van der Waals surface area contributed by atoms with Crippen molar-refractivity contribution in [3.05, 3.63) is 57.0 Å². The molecule has 0 aromatic carbocycles. The van der Waals surface area contributed by atoms with Crippen LogP contribution in [0.1, 0.15) is 56.5 Å². The predicted octanol–water partition coefficient (Wildman–Crippen LogP) is 3.67. The van der Waals surface area contributed by atoms with Gasteiger partial charge < -0.3 is 21.3 Å². The van der Waals surface area contributed by atoms with E-state index in [2.05, 4.69) is 30.6 Å². The van der Waals surface area contributed by atoms with Crippen molar-refractivity contribution < 1.29 is 22.8 Å². The molecule has 0 aliphatic carbocycles. The van der Waals surface area contributed by atoms with Gasteiger partial charge in [0.15, 0.2) is 0 Å². The number of pyridine rings is 1. The van der Waals surface area contributed by atoms with Crippen molar-refractivity contribution in [1.29, 1.82) is 0 Å². The van der Waals surface area contributed by atoms with Crippen molar-refractivity contribution in [2.45, 2.75) is 38.0 Å². The maximum Gasteiger partial charge on any atom is 0.418 e. The van der Waals surface area contributed by atoms with Crippen LogP contribution in [0.25, 0.3) is 0 Å². The minimum atomic E-state index is -4.70. The van der Waals surface area contributed by atoms with E-state index in [1.807, 2.05) is 4.90 Å². The van der Waals surface area contributed by atoms with Crippen LogP contribution in [0, 0.1) is 0 Å². The number of halogens is 4. The second kappa shape index (κ2) is 10.9. The number of anilines is 2. The highest BCUT2D eigenvalue weighted by Crippen LogP contribution is 2.35. The first-order chi connectivity index (χ1) is 17.5. The first-order valence-corrected chi connectivity index (χ1v) is 12.3. The Bertz CT molecular complexity index is 1300. The van der Waals surface area contributed by atoms with Gasteiger partial charge in [-0.05, 0) is 25.8 Å². The van der Waals surface area contributed by atoms with Gasteiger partial charge in [-0.15, -0.1) is 11.3 Å². The zero-order valence-corrected chi connectivity index (χ0v) is 21.0. The van der Waals surface area contributed by atoms with Gasteiger partial charge in [-0.2, -0.15) is 13.2 Å². The molecule has 1 atom stereocenters. The van der Waals surface area contributed by atoms with E-state index in [4.69, 9.17) is 17.3 Å². The van der Waals surface area contributed by atoms with Gasteiger partial charge >= 0.3 is 6.18 Å². The van der Waals surface area contributed by atoms with E-state index in [0.717, 1.165) is 43.5 Å². The molecule has 1 aliphatic rings. The molecule has 0 spiro atoms. The van der Waals surface area contributed by atoms with E-state index in [0.29, 0.717) is 16.9 Å². The van der Waals surface area contributed by atoms with Crippen molar-refractivity contribution >= 4 is 46.4 Å². The minimum Gasteiger partial charge on any atom is -0.356 e. The molecule has 1 saturated heterocycles. The normalized spacial score (nSPS) is 15.4. The molecule has 0 bridgehead atoms. The standard InChI is InChI=1S/C22H22ClF3N8O2S/c1-11(32-19(35)15-7-18(31-10-30-15)34-4-2-12(27)3-5-34)21-29-9-16(37-21)20(36)33-17-6-13(22(24,25)26)14(23)8-28-17/h6-12H,2-5,27H2,1H3,(H,32,35)(H,28,33,36). The summed E-state index contributed by atoms with van der Waals surface area (Å²) >= 11 is 6.54. The van der Waals surface area contributed by atoms with Crippen LogP contribution in [0.3, 0.4) is 0 Å². The van der Waals surface area contributed by atoms with Crippen LogP contribution in [0.4, 0.5) is 24.8 Å². The van der Waals surface area contributed by atoms with Crippen LogP contribution < -0.4 is 21.3 Å². The SMILES string of the molecule is CC(NC(=O)c1cc(N2CCC(N)CC2)ncn1)c1ncc(C(=O)Nc2cc(C(F)(F)F)c(Cl)cn2)s1. The molecular formula is C22H22ClF3N8O2S. The number of amides is 2. The Morgan fingerprint density at radius 2 is 1.86 bits per heavy atom. The molecule has 10 nitrogen and oxygen atoms in total. The molecule has 15 heteroatoms. The van der Waals surface area contributed by atoms with Gasteiger partial charge in [0.25, 0.3) is 11.8 Å². The Hall–Kier alpha value is -3.36. The number of alkyl halides is 3. The molecule has 4 rings (SSSR count). The lowest BCUT2D eigenvalue weighted by molar-refractivity contribution is -0.137. The van der Waals surface area contributed by atoms with Gasteiger partial charge in [0, 0.05) is 31.4 Å². The third-order valence-corrected chi connectivity index (χ3v) is 7.10. The summed E-state index contributed by atoms with van der Waals surface area (Å²) in [4.78, 5) is 43.7. The molecule has 1 fully saturated rings. The Balaban J connectivity index is 1.39. The van der Waals surface area contributed by atoms with Gasteiger partial charge in [0.2, 0.25) is 0 Å². The summed E-state index contributed by atoms with van der Waals surface area (Å²) in [5, 5.41) is 4.92. The Kier molecular flexibility index (Phi) is 7.90. The number of nitrogens with zero attached hydrogens (tertiary/aromatic N) is 5. The maximum absolute atomic E-state index is 13.1. The van der Waals surface area contributed by atoms with E-state index in [-0.39, 0.29) is 22.4 Å². The fourth-order valence-electron chi connectivity index (χ4n) is 3.60. The van der Waals surface area contributed by atoms with Crippen LogP contribution in [0.15, 0.2) is 30.9 Å². The maximum atomic E-state index is 13.1. The molecule has 3 aromatic rings. The highest BCUT2D eigenvalue weighted by atomic mass is 35.5. The van der Waals surface area contributed by atoms with Gasteiger partial charge in [0.05, 0.1) is 22.8 Å². The number of hydrogen-bond acceptors (Lipinski definition) is 9. The highest BCUT2D eigenvalue weighted by molar-refractivity contribution is 7.13. The molecular weight excluding hydrogens is 533 g/mol. The molecule has 37 heavy (non-hydrogen) atoms. The molecule has 2 amide bonds. The summed E-state index contributed by atoms with van der Waals surface area (Å²) in [7, 11) is 0. The van der Waals surface area contributed by atoms with E-state index in [9.17, 15) is 22.8 Å². The average Bonchev–Trinajstić information content (AvgIpc) is 3.36. The molecule has 1 unspecified atom stereocenters. The fraction of sp³-hybridized carbons (Fsp3) is 0.364. The van der Waals surface area contributed by atoms with E-state index in [1.165, 1.54) is 12.5 Å². The third-order valence-electron chi connectivity index (χ3n) is 5.62. The van der Waals surface area contributed by atoms with Crippen molar-refractivity contribution in [2.75, 3.05) is 23.3 Å². The number of rotatable bonds is 6. The topological polar surface area (TPSA) is 139 Å². The molecule has 0 saturated carbocycles. The second-order valence-electron chi connectivity index (χ2n) is 8.35. The average molecular weight is 555 g/mol. The quantitative estimate of drug-likeness (QED) is 0.419. The molecule has 4 heterocycles. The smallest absolute Gasteiger partial charge is 0.356 e. The van der Waals surface area contributed by atoms with E-state index in [1.54, 1.807) is 13.0 Å². The number of carbonyl (C=O) groups excluding carboxylic acids is 2. The number of carbonyl (C=O) groups is 2. The minimum absolute atomic E-state index is 0.119. The lowest BCUT2D eigenvalue weighted by Crippen LogP contribution is -2.40. The third kappa shape index (κ3) is 6.50. The Morgan fingerprint density at radius 3 is 2.57 bits per heavy atom. The van der Waals surface area contributed by atoms with E-state index < -0.39 is 34.6 Å². The van der Waals surface area contributed by atoms with E-state index >= 15 is 0 Å². The number of nitrogens with one attached hydrogen (secondary N) is 2. The summed E-state index contributed by atoms with van der Waals surface area (Å²) in [6.07, 6.45) is 0.373. The summed E-state index contributed by atoms with van der Waals surface area (Å²) in [5.74, 6) is -0.825. The summed E-state index contributed by atoms with van der Waals surface area (Å²) in [6, 6.07) is 1.84. The number of piperidine rings is 1. The number of hydrogen-bond donors (Lipinski definition) is 3. The second-order valence-corrected chi connectivity index (χ2v) is 9.81. The van der Waals surface area contributed by atoms with Crippen LogP contribution in [-0.2, 0) is 6.18 Å². The van der Waals surface area contributed by atoms with Gasteiger partial charge in [-0.25, -0.2) is 19.9 Å². The van der Waals surface area contributed by atoms with Crippen LogP contribution in [0.5, 0.6) is 0 Å². The molecule has 0 radical (unpaired) electrons. The molecule has 196 valence electrons. The van der Waals surface area contributed by atoms with Gasteiger partial charge in [-0.1, -0.05) is 11.6 Å².